The lowest BCUT2D eigenvalue weighted by Crippen LogP contribution is -2.13. The molecule has 0 atom stereocenters. The van der Waals surface area contributed by atoms with Gasteiger partial charge in [-0.15, -0.1) is 0 Å². The molecular weight excluding hydrogens is 366 g/mol. The van der Waals surface area contributed by atoms with Crippen molar-refractivity contribution in [3.05, 3.63) is 84.4 Å². The van der Waals surface area contributed by atoms with E-state index in [0.717, 1.165) is 0 Å². The van der Waals surface area contributed by atoms with Gasteiger partial charge < -0.3 is 9.47 Å². The summed E-state index contributed by atoms with van der Waals surface area (Å²) in [6.45, 7) is 0. The first-order valence-electron chi connectivity index (χ1n) is 8.02. The Morgan fingerprint density at radius 1 is 0.852 bits per heavy atom. The maximum Gasteiger partial charge on any atom is 0.337 e. The molecular formula is C20H17NO5S. The van der Waals surface area contributed by atoms with E-state index in [0.29, 0.717) is 11.5 Å². The number of para-hydroxylation sites is 1. The summed E-state index contributed by atoms with van der Waals surface area (Å²) < 4.78 is 37.8. The minimum Gasteiger partial charge on any atom is -0.465 e. The number of esters is 1. The van der Waals surface area contributed by atoms with Crippen LogP contribution in [0.5, 0.6) is 11.5 Å². The van der Waals surface area contributed by atoms with Crippen LogP contribution in [0.4, 0.5) is 5.69 Å². The first-order chi connectivity index (χ1) is 13.0. The Bertz CT molecular complexity index is 1030. The van der Waals surface area contributed by atoms with Gasteiger partial charge in [-0.3, -0.25) is 4.72 Å². The zero-order valence-corrected chi connectivity index (χ0v) is 15.3. The Morgan fingerprint density at radius 2 is 1.52 bits per heavy atom. The third-order valence-electron chi connectivity index (χ3n) is 3.65. The number of carbonyl (C=O) groups excluding carboxylic acids is 1. The van der Waals surface area contributed by atoms with Crippen molar-refractivity contribution in [2.45, 2.75) is 4.90 Å². The molecule has 138 valence electrons. The van der Waals surface area contributed by atoms with Crippen LogP contribution in [0.3, 0.4) is 0 Å². The molecule has 7 heteroatoms. The highest BCUT2D eigenvalue weighted by atomic mass is 32.2. The number of hydrogen-bond acceptors (Lipinski definition) is 5. The molecule has 0 unspecified atom stereocenters. The Labute approximate surface area is 157 Å². The second-order valence-electron chi connectivity index (χ2n) is 5.56. The molecule has 3 aromatic rings. The quantitative estimate of drug-likeness (QED) is 0.649. The van der Waals surface area contributed by atoms with Crippen molar-refractivity contribution < 1.29 is 22.7 Å². The number of ether oxygens (including phenoxy) is 2. The summed E-state index contributed by atoms with van der Waals surface area (Å²) in [6.07, 6.45) is 0. The molecule has 0 bridgehead atoms. The SMILES string of the molecule is COC(=O)c1cccc(NS(=O)(=O)c2ccc(Oc3ccccc3)cc2)c1. The molecule has 0 heterocycles. The first kappa shape index (κ1) is 18.5. The van der Waals surface area contributed by atoms with Crippen LogP contribution in [0, 0.1) is 0 Å². The van der Waals surface area contributed by atoms with Gasteiger partial charge in [-0.05, 0) is 54.6 Å². The molecule has 3 rings (SSSR count). The predicted octanol–water partition coefficient (Wildman–Crippen LogP) is 4.07. The lowest BCUT2D eigenvalue weighted by atomic mass is 10.2. The summed E-state index contributed by atoms with van der Waals surface area (Å²) >= 11 is 0. The van der Waals surface area contributed by atoms with Crippen molar-refractivity contribution >= 4 is 21.7 Å². The van der Waals surface area contributed by atoms with Crippen molar-refractivity contribution in [1.82, 2.24) is 0 Å². The van der Waals surface area contributed by atoms with Gasteiger partial charge in [0.1, 0.15) is 11.5 Å². The maximum absolute atomic E-state index is 12.6. The highest BCUT2D eigenvalue weighted by Gasteiger charge is 2.15. The fraction of sp³-hybridized carbons (Fsp3) is 0.0500. The lowest BCUT2D eigenvalue weighted by molar-refractivity contribution is 0.0600. The summed E-state index contributed by atoms with van der Waals surface area (Å²) in [4.78, 5) is 11.7. The van der Waals surface area contributed by atoms with E-state index in [1.54, 1.807) is 42.5 Å². The molecule has 6 nitrogen and oxygen atoms in total. The summed E-state index contributed by atoms with van der Waals surface area (Å²) in [5.41, 5.74) is 0.520. The molecule has 0 fully saturated rings. The summed E-state index contributed by atoms with van der Waals surface area (Å²) in [7, 11) is -2.55. The zero-order valence-electron chi connectivity index (χ0n) is 14.5. The predicted molar refractivity (Wildman–Crippen MR) is 102 cm³/mol. The standard InChI is InChI=1S/C20H17NO5S/c1-25-20(22)15-6-5-7-16(14-15)21-27(23,24)19-12-10-18(11-13-19)26-17-8-3-2-4-9-17/h2-14,21H,1H3. The average molecular weight is 383 g/mol. The third-order valence-corrected chi connectivity index (χ3v) is 5.05. The number of sulfonamides is 1. The van der Waals surface area contributed by atoms with Gasteiger partial charge in [0.2, 0.25) is 0 Å². The van der Waals surface area contributed by atoms with Crippen LogP contribution < -0.4 is 9.46 Å². The van der Waals surface area contributed by atoms with Gasteiger partial charge in [-0.25, -0.2) is 13.2 Å². The van der Waals surface area contributed by atoms with Crippen LogP contribution in [-0.2, 0) is 14.8 Å². The van der Waals surface area contributed by atoms with Crippen LogP contribution >= 0.6 is 0 Å². The third kappa shape index (κ3) is 4.65. The van der Waals surface area contributed by atoms with Crippen molar-refractivity contribution in [2.24, 2.45) is 0 Å². The van der Waals surface area contributed by atoms with E-state index >= 15 is 0 Å². The number of carbonyl (C=O) groups is 1. The lowest BCUT2D eigenvalue weighted by Gasteiger charge is -2.10. The fourth-order valence-electron chi connectivity index (χ4n) is 2.35. The zero-order chi connectivity index (χ0) is 19.3. The van der Waals surface area contributed by atoms with Crippen LogP contribution in [0.1, 0.15) is 10.4 Å². The maximum atomic E-state index is 12.6. The Hall–Kier alpha value is -3.32. The highest BCUT2D eigenvalue weighted by Crippen LogP contribution is 2.24. The summed E-state index contributed by atoms with van der Waals surface area (Å²) in [6, 6.07) is 21.3. The number of nitrogens with one attached hydrogen (secondary N) is 1. The Balaban J connectivity index is 1.76. The van der Waals surface area contributed by atoms with Crippen LogP contribution in [0.15, 0.2) is 83.8 Å². The minimum absolute atomic E-state index is 0.0754. The number of rotatable bonds is 6. The number of methoxy groups -OCH3 is 1. The van der Waals surface area contributed by atoms with E-state index in [4.69, 9.17) is 4.74 Å². The second kappa shape index (κ2) is 7.92. The first-order valence-corrected chi connectivity index (χ1v) is 9.50. The van der Waals surface area contributed by atoms with Crippen molar-refractivity contribution in [2.75, 3.05) is 11.8 Å². The van der Waals surface area contributed by atoms with Crippen LogP contribution in [-0.4, -0.2) is 21.5 Å². The van der Waals surface area contributed by atoms with Gasteiger partial charge >= 0.3 is 5.97 Å². The van der Waals surface area contributed by atoms with E-state index < -0.39 is 16.0 Å². The minimum atomic E-state index is -3.81. The average Bonchev–Trinajstić information content (AvgIpc) is 2.68. The van der Waals surface area contributed by atoms with E-state index in [2.05, 4.69) is 9.46 Å². The summed E-state index contributed by atoms with van der Waals surface area (Å²) in [5.74, 6) is 0.636. The fourth-order valence-corrected chi connectivity index (χ4v) is 3.40. The van der Waals surface area contributed by atoms with E-state index in [-0.39, 0.29) is 16.1 Å². The van der Waals surface area contributed by atoms with Gasteiger partial charge in [-0.2, -0.15) is 0 Å². The smallest absolute Gasteiger partial charge is 0.337 e. The number of hydrogen-bond donors (Lipinski definition) is 1. The molecule has 27 heavy (non-hydrogen) atoms. The largest absolute Gasteiger partial charge is 0.465 e. The van der Waals surface area contributed by atoms with E-state index in [1.165, 1.54) is 25.3 Å². The van der Waals surface area contributed by atoms with Crippen LogP contribution in [0.25, 0.3) is 0 Å². The molecule has 0 saturated heterocycles. The molecule has 0 radical (unpaired) electrons. The molecule has 0 saturated carbocycles. The molecule has 0 aromatic heterocycles. The van der Waals surface area contributed by atoms with Crippen molar-refractivity contribution in [3.8, 4) is 11.5 Å². The molecule has 0 spiro atoms. The van der Waals surface area contributed by atoms with E-state index in [9.17, 15) is 13.2 Å². The molecule has 0 aliphatic rings. The molecule has 0 amide bonds. The van der Waals surface area contributed by atoms with E-state index in [1.807, 2.05) is 18.2 Å². The summed E-state index contributed by atoms with van der Waals surface area (Å²) in [5, 5.41) is 0. The van der Waals surface area contributed by atoms with Gasteiger partial charge in [-0.1, -0.05) is 24.3 Å². The monoisotopic (exact) mass is 383 g/mol. The van der Waals surface area contributed by atoms with Crippen molar-refractivity contribution in [3.63, 3.8) is 0 Å². The molecule has 0 aliphatic carbocycles. The second-order valence-corrected chi connectivity index (χ2v) is 7.25. The normalized spacial score (nSPS) is 10.9. The number of anilines is 1. The van der Waals surface area contributed by atoms with Gasteiger partial charge in [0.15, 0.2) is 0 Å². The Morgan fingerprint density at radius 3 is 2.19 bits per heavy atom. The number of benzene rings is 3. The Kier molecular flexibility index (Phi) is 5.42. The topological polar surface area (TPSA) is 81.7 Å². The highest BCUT2D eigenvalue weighted by molar-refractivity contribution is 7.92. The molecule has 1 N–H and O–H groups in total. The molecule has 0 aliphatic heterocycles. The van der Waals surface area contributed by atoms with Crippen molar-refractivity contribution in [1.29, 1.82) is 0 Å². The van der Waals surface area contributed by atoms with Crippen LogP contribution in [0.2, 0.25) is 0 Å². The van der Waals surface area contributed by atoms with Gasteiger partial charge in [0.05, 0.1) is 17.6 Å². The molecule has 3 aromatic carbocycles. The van der Waals surface area contributed by atoms with Gasteiger partial charge in [0, 0.05) is 5.69 Å². The van der Waals surface area contributed by atoms with Gasteiger partial charge in [0.25, 0.3) is 10.0 Å².